The predicted octanol–water partition coefficient (Wildman–Crippen LogP) is 2.04. The molecular weight excluding hydrogens is 357 g/mol. The Bertz CT molecular complexity index is 824. The number of guanidine groups is 1. The van der Waals surface area contributed by atoms with Crippen LogP contribution in [0.15, 0.2) is 29.3 Å². The standard InChI is InChI=1S/C20H28FN7/c1-2-22-20(23-15-19-25-24-18-9-5-6-10-28(18)19)27-13-11-26(12-14-27)17-8-4-3-7-16(17)21/h3-4,7-8H,2,5-6,9-15H2,1H3,(H,22,23). The van der Waals surface area contributed by atoms with Crippen molar-refractivity contribution in [2.75, 3.05) is 37.6 Å². The Morgan fingerprint density at radius 2 is 1.93 bits per heavy atom. The number of anilines is 1. The van der Waals surface area contributed by atoms with Crippen LogP contribution in [0.2, 0.25) is 0 Å². The minimum absolute atomic E-state index is 0.159. The van der Waals surface area contributed by atoms with Crippen molar-refractivity contribution in [3.05, 3.63) is 41.7 Å². The molecule has 0 amide bonds. The van der Waals surface area contributed by atoms with E-state index in [1.165, 1.54) is 18.9 Å². The molecule has 1 saturated heterocycles. The fraction of sp³-hybridized carbons (Fsp3) is 0.550. The highest BCUT2D eigenvalue weighted by molar-refractivity contribution is 5.80. The fourth-order valence-corrected chi connectivity index (χ4v) is 3.92. The second-order valence-corrected chi connectivity index (χ2v) is 7.24. The van der Waals surface area contributed by atoms with Crippen LogP contribution >= 0.6 is 0 Å². The number of fused-ring (bicyclic) bond motifs is 1. The van der Waals surface area contributed by atoms with Crippen molar-refractivity contribution in [2.45, 2.75) is 39.3 Å². The molecule has 2 aliphatic heterocycles. The molecule has 1 fully saturated rings. The van der Waals surface area contributed by atoms with Gasteiger partial charge in [-0.1, -0.05) is 12.1 Å². The summed E-state index contributed by atoms with van der Waals surface area (Å²) < 4.78 is 16.3. The van der Waals surface area contributed by atoms with Crippen molar-refractivity contribution in [3.63, 3.8) is 0 Å². The molecule has 8 heteroatoms. The van der Waals surface area contributed by atoms with Gasteiger partial charge in [-0.05, 0) is 31.9 Å². The first kappa shape index (κ1) is 18.7. The van der Waals surface area contributed by atoms with Gasteiger partial charge in [0.05, 0.1) is 5.69 Å². The van der Waals surface area contributed by atoms with Gasteiger partial charge in [-0.2, -0.15) is 0 Å². The number of piperazine rings is 1. The molecule has 0 radical (unpaired) electrons. The van der Waals surface area contributed by atoms with E-state index < -0.39 is 0 Å². The Labute approximate surface area is 165 Å². The van der Waals surface area contributed by atoms with E-state index in [2.05, 4.69) is 36.8 Å². The number of aromatic nitrogens is 3. The van der Waals surface area contributed by atoms with Gasteiger partial charge in [-0.3, -0.25) is 0 Å². The second-order valence-electron chi connectivity index (χ2n) is 7.24. The maximum atomic E-state index is 14.1. The molecule has 0 spiro atoms. The molecule has 0 aliphatic carbocycles. The highest BCUT2D eigenvalue weighted by atomic mass is 19.1. The van der Waals surface area contributed by atoms with Crippen molar-refractivity contribution in [2.24, 2.45) is 4.99 Å². The van der Waals surface area contributed by atoms with Crippen LogP contribution in [0.4, 0.5) is 10.1 Å². The van der Waals surface area contributed by atoms with Crippen molar-refractivity contribution >= 4 is 11.6 Å². The third-order valence-electron chi connectivity index (χ3n) is 5.41. The minimum Gasteiger partial charge on any atom is -0.366 e. The van der Waals surface area contributed by atoms with Crippen LogP contribution in [0.25, 0.3) is 0 Å². The van der Waals surface area contributed by atoms with Crippen LogP contribution in [0.3, 0.4) is 0 Å². The van der Waals surface area contributed by atoms with Crippen molar-refractivity contribution in [1.29, 1.82) is 0 Å². The van der Waals surface area contributed by atoms with Crippen LogP contribution in [-0.4, -0.2) is 58.3 Å². The van der Waals surface area contributed by atoms with Crippen molar-refractivity contribution in [1.82, 2.24) is 25.0 Å². The molecule has 3 heterocycles. The number of benzene rings is 1. The Hall–Kier alpha value is -2.64. The van der Waals surface area contributed by atoms with Crippen LogP contribution in [-0.2, 0) is 19.5 Å². The number of para-hydroxylation sites is 1. The molecule has 1 aromatic carbocycles. The molecular formula is C20H28FN7. The number of aliphatic imine (C=N–C) groups is 1. The molecule has 0 saturated carbocycles. The van der Waals surface area contributed by atoms with Gasteiger partial charge in [-0.25, -0.2) is 9.38 Å². The van der Waals surface area contributed by atoms with Gasteiger partial charge < -0.3 is 19.7 Å². The lowest BCUT2D eigenvalue weighted by Crippen LogP contribution is -2.52. The highest BCUT2D eigenvalue weighted by Crippen LogP contribution is 2.20. The Morgan fingerprint density at radius 1 is 1.11 bits per heavy atom. The lowest BCUT2D eigenvalue weighted by molar-refractivity contribution is 0.370. The van der Waals surface area contributed by atoms with E-state index in [1.54, 1.807) is 6.07 Å². The minimum atomic E-state index is -0.159. The zero-order valence-electron chi connectivity index (χ0n) is 16.4. The van der Waals surface area contributed by atoms with Gasteiger partial charge >= 0.3 is 0 Å². The largest absolute Gasteiger partial charge is 0.366 e. The summed E-state index contributed by atoms with van der Waals surface area (Å²) in [4.78, 5) is 9.16. The molecule has 0 atom stereocenters. The van der Waals surface area contributed by atoms with Crippen LogP contribution < -0.4 is 10.2 Å². The lowest BCUT2D eigenvalue weighted by atomic mass is 10.2. The molecule has 4 rings (SSSR count). The monoisotopic (exact) mass is 385 g/mol. The van der Waals surface area contributed by atoms with Gasteiger partial charge in [0, 0.05) is 45.7 Å². The lowest BCUT2D eigenvalue weighted by Gasteiger charge is -2.37. The van der Waals surface area contributed by atoms with Gasteiger partial charge in [0.1, 0.15) is 18.2 Å². The second kappa shape index (κ2) is 8.58. The van der Waals surface area contributed by atoms with Crippen molar-refractivity contribution in [3.8, 4) is 0 Å². The zero-order chi connectivity index (χ0) is 19.3. The summed E-state index contributed by atoms with van der Waals surface area (Å²) >= 11 is 0. The predicted molar refractivity (Wildman–Crippen MR) is 108 cm³/mol. The molecule has 150 valence electrons. The molecule has 1 aromatic heterocycles. The SMILES string of the molecule is CCNC(=NCc1nnc2n1CCCC2)N1CCN(c2ccccc2F)CC1. The fourth-order valence-electron chi connectivity index (χ4n) is 3.92. The summed E-state index contributed by atoms with van der Waals surface area (Å²) in [5.74, 6) is 2.76. The number of hydrogen-bond acceptors (Lipinski definition) is 4. The average Bonchev–Trinajstić information content (AvgIpc) is 3.15. The van der Waals surface area contributed by atoms with Crippen LogP contribution in [0, 0.1) is 5.82 Å². The van der Waals surface area contributed by atoms with E-state index in [-0.39, 0.29) is 5.82 Å². The third kappa shape index (κ3) is 3.95. The third-order valence-corrected chi connectivity index (χ3v) is 5.41. The number of nitrogens with zero attached hydrogens (tertiary/aromatic N) is 6. The average molecular weight is 385 g/mol. The first-order valence-corrected chi connectivity index (χ1v) is 10.2. The molecule has 7 nitrogen and oxygen atoms in total. The molecule has 28 heavy (non-hydrogen) atoms. The number of halogens is 1. The normalized spacial score (nSPS) is 17.6. The Kier molecular flexibility index (Phi) is 5.73. The molecule has 2 aromatic rings. The summed E-state index contributed by atoms with van der Waals surface area (Å²) in [6.45, 7) is 7.55. The quantitative estimate of drug-likeness (QED) is 0.645. The number of aryl methyl sites for hydroxylation is 1. The summed E-state index contributed by atoms with van der Waals surface area (Å²) in [7, 11) is 0. The number of rotatable bonds is 4. The van der Waals surface area contributed by atoms with E-state index in [0.717, 1.165) is 63.3 Å². The maximum Gasteiger partial charge on any atom is 0.194 e. The first-order valence-electron chi connectivity index (χ1n) is 10.2. The Morgan fingerprint density at radius 3 is 2.71 bits per heavy atom. The summed E-state index contributed by atoms with van der Waals surface area (Å²) in [6, 6.07) is 6.98. The van der Waals surface area contributed by atoms with Crippen LogP contribution in [0.1, 0.15) is 31.4 Å². The summed E-state index contributed by atoms with van der Waals surface area (Å²) in [6.07, 6.45) is 3.38. The summed E-state index contributed by atoms with van der Waals surface area (Å²) in [5, 5.41) is 12.0. The van der Waals surface area contributed by atoms with Gasteiger partial charge in [0.25, 0.3) is 0 Å². The first-order chi connectivity index (χ1) is 13.8. The maximum absolute atomic E-state index is 14.1. The summed E-state index contributed by atoms with van der Waals surface area (Å²) in [5.41, 5.74) is 0.680. The molecule has 0 bridgehead atoms. The highest BCUT2D eigenvalue weighted by Gasteiger charge is 2.22. The van der Waals surface area contributed by atoms with Crippen LogP contribution in [0.5, 0.6) is 0 Å². The number of hydrogen-bond donors (Lipinski definition) is 1. The van der Waals surface area contributed by atoms with E-state index in [0.29, 0.717) is 12.2 Å². The molecule has 2 aliphatic rings. The Balaban J connectivity index is 1.42. The van der Waals surface area contributed by atoms with E-state index in [9.17, 15) is 4.39 Å². The van der Waals surface area contributed by atoms with E-state index >= 15 is 0 Å². The number of nitrogens with one attached hydrogen (secondary N) is 1. The zero-order valence-corrected chi connectivity index (χ0v) is 16.4. The van der Waals surface area contributed by atoms with Gasteiger partial charge in [0.2, 0.25) is 0 Å². The topological polar surface area (TPSA) is 61.6 Å². The van der Waals surface area contributed by atoms with Gasteiger partial charge in [0.15, 0.2) is 11.8 Å². The van der Waals surface area contributed by atoms with Gasteiger partial charge in [-0.15, -0.1) is 10.2 Å². The van der Waals surface area contributed by atoms with Crippen molar-refractivity contribution < 1.29 is 4.39 Å². The van der Waals surface area contributed by atoms with E-state index in [4.69, 9.17) is 4.99 Å². The molecule has 1 N–H and O–H groups in total. The smallest absolute Gasteiger partial charge is 0.194 e. The molecule has 0 unspecified atom stereocenters. The van der Waals surface area contributed by atoms with E-state index in [1.807, 2.05) is 12.1 Å².